The van der Waals surface area contributed by atoms with Gasteiger partial charge in [0.25, 0.3) is 0 Å². The van der Waals surface area contributed by atoms with Crippen molar-refractivity contribution in [1.82, 2.24) is 4.98 Å². The molecule has 0 saturated carbocycles. The molecular weight excluding hydrogens is 146 g/mol. The van der Waals surface area contributed by atoms with Gasteiger partial charge < -0.3 is 4.42 Å². The molecule has 3 heteroatoms. The fourth-order valence-corrected chi connectivity index (χ4v) is 1.41. The van der Waals surface area contributed by atoms with E-state index < -0.39 is 0 Å². The van der Waals surface area contributed by atoms with E-state index in [9.17, 15) is 0 Å². The lowest BCUT2D eigenvalue weighted by Gasteiger charge is -1.83. The SMILES string of the molecule is c1ncc(-c2ccsc2)o1. The fourth-order valence-electron chi connectivity index (χ4n) is 0.763. The third kappa shape index (κ3) is 0.844. The zero-order valence-corrected chi connectivity index (χ0v) is 5.97. The first-order chi connectivity index (χ1) is 4.97. The van der Waals surface area contributed by atoms with Gasteiger partial charge in [-0.25, -0.2) is 4.98 Å². The molecule has 0 spiro atoms. The minimum absolute atomic E-state index is 0.834. The first-order valence-electron chi connectivity index (χ1n) is 2.88. The highest BCUT2D eigenvalue weighted by atomic mass is 32.1. The molecule has 0 aliphatic heterocycles. The van der Waals surface area contributed by atoms with Gasteiger partial charge in [-0.3, -0.25) is 0 Å². The fraction of sp³-hybridized carbons (Fsp3) is 0. The van der Waals surface area contributed by atoms with Crippen molar-refractivity contribution in [1.29, 1.82) is 0 Å². The van der Waals surface area contributed by atoms with Crippen LogP contribution in [0.3, 0.4) is 0 Å². The van der Waals surface area contributed by atoms with Crippen molar-refractivity contribution in [3.63, 3.8) is 0 Å². The Morgan fingerprint density at radius 3 is 3.10 bits per heavy atom. The van der Waals surface area contributed by atoms with Gasteiger partial charge in [-0.05, 0) is 11.4 Å². The average molecular weight is 151 g/mol. The summed E-state index contributed by atoms with van der Waals surface area (Å²) in [7, 11) is 0. The summed E-state index contributed by atoms with van der Waals surface area (Å²) in [6.45, 7) is 0. The van der Waals surface area contributed by atoms with Crippen molar-refractivity contribution in [3.8, 4) is 11.3 Å². The third-order valence-corrected chi connectivity index (χ3v) is 1.92. The number of hydrogen-bond acceptors (Lipinski definition) is 3. The van der Waals surface area contributed by atoms with Gasteiger partial charge in [0.1, 0.15) is 0 Å². The zero-order valence-electron chi connectivity index (χ0n) is 5.15. The molecule has 2 rings (SSSR count). The van der Waals surface area contributed by atoms with Crippen molar-refractivity contribution in [2.75, 3.05) is 0 Å². The molecule has 2 heterocycles. The molecule has 0 saturated heterocycles. The molecule has 2 aromatic rings. The van der Waals surface area contributed by atoms with Crippen LogP contribution in [0.4, 0.5) is 0 Å². The molecule has 0 unspecified atom stereocenters. The summed E-state index contributed by atoms with van der Waals surface area (Å²) in [4.78, 5) is 3.82. The van der Waals surface area contributed by atoms with Gasteiger partial charge in [0.15, 0.2) is 12.2 Å². The van der Waals surface area contributed by atoms with Crippen molar-refractivity contribution < 1.29 is 4.42 Å². The van der Waals surface area contributed by atoms with Crippen molar-refractivity contribution >= 4 is 11.3 Å². The van der Waals surface area contributed by atoms with E-state index in [1.807, 2.05) is 16.8 Å². The van der Waals surface area contributed by atoms with E-state index in [2.05, 4.69) is 4.98 Å². The second-order valence-corrected chi connectivity index (χ2v) is 2.66. The Bertz CT molecular complexity index is 253. The van der Waals surface area contributed by atoms with E-state index in [1.54, 1.807) is 17.5 Å². The smallest absolute Gasteiger partial charge is 0.181 e. The highest BCUT2D eigenvalue weighted by molar-refractivity contribution is 7.08. The summed E-state index contributed by atoms with van der Waals surface area (Å²) in [5.74, 6) is 0.834. The maximum absolute atomic E-state index is 5.07. The Morgan fingerprint density at radius 1 is 1.50 bits per heavy atom. The first-order valence-corrected chi connectivity index (χ1v) is 3.82. The number of hydrogen-bond donors (Lipinski definition) is 0. The summed E-state index contributed by atoms with van der Waals surface area (Å²) < 4.78 is 5.07. The number of oxazole rings is 1. The second-order valence-electron chi connectivity index (χ2n) is 1.88. The maximum Gasteiger partial charge on any atom is 0.181 e. The topological polar surface area (TPSA) is 26.0 Å². The van der Waals surface area contributed by atoms with Crippen LogP contribution in [-0.4, -0.2) is 4.98 Å². The summed E-state index contributed by atoms with van der Waals surface area (Å²) in [5.41, 5.74) is 1.10. The Balaban J connectivity index is 2.48. The van der Waals surface area contributed by atoms with Crippen LogP contribution in [0.5, 0.6) is 0 Å². The lowest BCUT2D eigenvalue weighted by molar-refractivity contribution is 0.572. The zero-order chi connectivity index (χ0) is 6.81. The van der Waals surface area contributed by atoms with E-state index in [4.69, 9.17) is 4.42 Å². The maximum atomic E-state index is 5.07. The molecule has 0 N–H and O–H groups in total. The lowest BCUT2D eigenvalue weighted by atomic mass is 10.3. The van der Waals surface area contributed by atoms with E-state index in [0.29, 0.717) is 0 Å². The van der Waals surface area contributed by atoms with Crippen LogP contribution in [-0.2, 0) is 0 Å². The minimum Gasteiger partial charge on any atom is -0.443 e. The normalized spacial score (nSPS) is 10.0. The molecule has 0 bridgehead atoms. The molecule has 0 aliphatic carbocycles. The van der Waals surface area contributed by atoms with Crippen LogP contribution in [0, 0.1) is 0 Å². The van der Waals surface area contributed by atoms with Crippen molar-refractivity contribution in [2.45, 2.75) is 0 Å². The Morgan fingerprint density at radius 2 is 2.50 bits per heavy atom. The highest BCUT2D eigenvalue weighted by Crippen LogP contribution is 2.20. The molecule has 2 nitrogen and oxygen atoms in total. The number of rotatable bonds is 1. The van der Waals surface area contributed by atoms with Gasteiger partial charge in [-0.2, -0.15) is 11.3 Å². The Hall–Kier alpha value is -1.09. The lowest BCUT2D eigenvalue weighted by Crippen LogP contribution is -1.62. The van der Waals surface area contributed by atoms with E-state index in [-0.39, 0.29) is 0 Å². The largest absolute Gasteiger partial charge is 0.443 e. The van der Waals surface area contributed by atoms with E-state index in [0.717, 1.165) is 11.3 Å². The number of thiophene rings is 1. The van der Waals surface area contributed by atoms with Gasteiger partial charge in [0.2, 0.25) is 0 Å². The molecule has 50 valence electrons. The van der Waals surface area contributed by atoms with Crippen LogP contribution >= 0.6 is 11.3 Å². The van der Waals surface area contributed by atoms with Crippen LogP contribution in [0.2, 0.25) is 0 Å². The summed E-state index contributed by atoms with van der Waals surface area (Å²) in [6.07, 6.45) is 3.15. The van der Waals surface area contributed by atoms with E-state index >= 15 is 0 Å². The van der Waals surface area contributed by atoms with E-state index in [1.165, 1.54) is 6.39 Å². The molecule has 0 radical (unpaired) electrons. The second kappa shape index (κ2) is 2.27. The van der Waals surface area contributed by atoms with Gasteiger partial charge in [0.05, 0.1) is 6.20 Å². The standard InChI is InChI=1S/C7H5NOS/c1-2-10-4-6(1)7-3-8-5-9-7/h1-5H. The molecule has 0 atom stereocenters. The van der Waals surface area contributed by atoms with Crippen LogP contribution in [0.15, 0.2) is 33.8 Å². The van der Waals surface area contributed by atoms with Crippen LogP contribution in [0.1, 0.15) is 0 Å². The van der Waals surface area contributed by atoms with Crippen LogP contribution < -0.4 is 0 Å². The summed E-state index contributed by atoms with van der Waals surface area (Å²) in [6, 6.07) is 2.01. The van der Waals surface area contributed by atoms with Gasteiger partial charge >= 0.3 is 0 Å². The predicted molar refractivity (Wildman–Crippen MR) is 39.8 cm³/mol. The molecular formula is C7H5NOS. The monoisotopic (exact) mass is 151 g/mol. The highest BCUT2D eigenvalue weighted by Gasteiger charge is 1.98. The summed E-state index contributed by atoms with van der Waals surface area (Å²) in [5, 5.41) is 4.04. The predicted octanol–water partition coefficient (Wildman–Crippen LogP) is 2.40. The molecule has 0 amide bonds. The molecule has 0 fully saturated rings. The van der Waals surface area contributed by atoms with Crippen molar-refractivity contribution in [3.05, 3.63) is 29.4 Å². The Kier molecular flexibility index (Phi) is 1.29. The molecule has 10 heavy (non-hydrogen) atoms. The number of nitrogens with zero attached hydrogens (tertiary/aromatic N) is 1. The minimum atomic E-state index is 0.834. The molecule has 0 aliphatic rings. The quantitative estimate of drug-likeness (QED) is 0.625. The Labute approximate surface area is 62.1 Å². The van der Waals surface area contributed by atoms with Gasteiger partial charge in [-0.1, -0.05) is 0 Å². The molecule has 0 aromatic carbocycles. The van der Waals surface area contributed by atoms with Gasteiger partial charge in [0, 0.05) is 10.9 Å². The van der Waals surface area contributed by atoms with Gasteiger partial charge in [-0.15, -0.1) is 0 Å². The van der Waals surface area contributed by atoms with Crippen molar-refractivity contribution in [2.24, 2.45) is 0 Å². The molecule has 2 aromatic heterocycles. The third-order valence-electron chi connectivity index (χ3n) is 1.24. The first kappa shape index (κ1) is 5.68. The van der Waals surface area contributed by atoms with Crippen LogP contribution in [0.25, 0.3) is 11.3 Å². The summed E-state index contributed by atoms with van der Waals surface area (Å²) >= 11 is 1.65. The number of aromatic nitrogens is 1. The average Bonchev–Trinajstić information content (AvgIpc) is 2.59.